The van der Waals surface area contributed by atoms with E-state index in [4.69, 9.17) is 32.7 Å². The van der Waals surface area contributed by atoms with Gasteiger partial charge in [-0.3, -0.25) is 9.10 Å². The molecule has 1 amide bonds. The van der Waals surface area contributed by atoms with Gasteiger partial charge in [0.25, 0.3) is 5.91 Å². The van der Waals surface area contributed by atoms with Gasteiger partial charge in [0.15, 0.2) is 11.9 Å². The molecule has 0 saturated carbocycles. The van der Waals surface area contributed by atoms with Gasteiger partial charge in [0.05, 0.1) is 17.6 Å². The molecule has 0 spiro atoms. The summed E-state index contributed by atoms with van der Waals surface area (Å²) in [5, 5.41) is 3.57. The summed E-state index contributed by atoms with van der Waals surface area (Å²) in [5.74, 6) is 0.772. The van der Waals surface area contributed by atoms with Crippen molar-refractivity contribution in [1.29, 1.82) is 0 Å². The number of benzene rings is 3. The summed E-state index contributed by atoms with van der Waals surface area (Å²) in [7, 11) is -3.61. The van der Waals surface area contributed by atoms with Crippen molar-refractivity contribution in [2.75, 3.05) is 22.4 Å². The molecule has 7 nitrogen and oxygen atoms in total. The van der Waals surface area contributed by atoms with E-state index in [1.54, 1.807) is 42.5 Å². The van der Waals surface area contributed by atoms with Crippen LogP contribution in [-0.4, -0.2) is 33.2 Å². The van der Waals surface area contributed by atoms with Gasteiger partial charge < -0.3 is 14.8 Å². The number of carbonyl (C=O) groups is 1. The normalized spacial score (nSPS) is 15.7. The Morgan fingerprint density at radius 2 is 1.76 bits per heavy atom. The molecule has 1 N–H and O–H groups in total. The molecule has 33 heavy (non-hydrogen) atoms. The number of halogens is 2. The van der Waals surface area contributed by atoms with Gasteiger partial charge >= 0.3 is 0 Å². The maximum absolute atomic E-state index is 13.1. The molecular weight excluding hydrogens is 487 g/mol. The lowest BCUT2D eigenvalue weighted by molar-refractivity contribution is -0.122. The Labute approximate surface area is 201 Å². The second-order valence-electron chi connectivity index (χ2n) is 7.39. The molecule has 0 saturated heterocycles. The topological polar surface area (TPSA) is 84.9 Å². The van der Waals surface area contributed by atoms with Crippen LogP contribution in [0.25, 0.3) is 0 Å². The number of ether oxygens (including phenoxy) is 2. The Morgan fingerprint density at radius 3 is 2.48 bits per heavy atom. The van der Waals surface area contributed by atoms with Crippen LogP contribution in [0.5, 0.6) is 17.2 Å². The molecule has 0 aromatic heterocycles. The van der Waals surface area contributed by atoms with Crippen LogP contribution in [0.15, 0.2) is 66.7 Å². The van der Waals surface area contributed by atoms with Gasteiger partial charge in [0.1, 0.15) is 11.5 Å². The van der Waals surface area contributed by atoms with Crippen molar-refractivity contribution in [3.8, 4) is 17.2 Å². The Morgan fingerprint density at radius 1 is 1.06 bits per heavy atom. The largest absolute Gasteiger partial charge is 0.478 e. The van der Waals surface area contributed by atoms with E-state index in [0.717, 1.165) is 6.26 Å². The first-order valence-electron chi connectivity index (χ1n) is 9.98. The van der Waals surface area contributed by atoms with Gasteiger partial charge in [-0.1, -0.05) is 41.4 Å². The molecule has 3 aromatic rings. The lowest BCUT2D eigenvalue weighted by Crippen LogP contribution is -2.36. The van der Waals surface area contributed by atoms with Crippen LogP contribution in [0.3, 0.4) is 0 Å². The molecule has 1 aliphatic rings. The third-order valence-corrected chi connectivity index (χ3v) is 6.57. The molecule has 1 unspecified atom stereocenters. The highest BCUT2D eigenvalue weighted by Gasteiger charge is 2.31. The number of nitrogens with zero attached hydrogens (tertiary/aromatic N) is 1. The minimum absolute atomic E-state index is 0.0488. The van der Waals surface area contributed by atoms with Gasteiger partial charge in [-0.05, 0) is 48.5 Å². The van der Waals surface area contributed by atoms with Crippen molar-refractivity contribution in [3.05, 3.63) is 76.8 Å². The molecule has 172 valence electrons. The lowest BCUT2D eigenvalue weighted by atomic mass is 10.2. The van der Waals surface area contributed by atoms with Gasteiger partial charge in [-0.15, -0.1) is 0 Å². The Balaban J connectivity index is 1.59. The summed E-state index contributed by atoms with van der Waals surface area (Å²) < 4.78 is 37.7. The molecule has 4 rings (SSSR count). The third kappa shape index (κ3) is 5.52. The van der Waals surface area contributed by atoms with Crippen LogP contribution in [-0.2, 0) is 14.8 Å². The molecule has 10 heteroatoms. The number of hydrogen-bond donors (Lipinski definition) is 1. The van der Waals surface area contributed by atoms with Crippen LogP contribution in [0, 0.1) is 0 Å². The number of fused-ring (bicyclic) bond motifs is 1. The summed E-state index contributed by atoms with van der Waals surface area (Å²) in [6.07, 6.45) is 0.262. The first kappa shape index (κ1) is 23.2. The smallest absolute Gasteiger partial charge is 0.265 e. The summed E-state index contributed by atoms with van der Waals surface area (Å²) >= 11 is 12.2. The molecule has 1 aliphatic heterocycles. The van der Waals surface area contributed by atoms with E-state index in [1.165, 1.54) is 10.4 Å². The second-order valence-corrected chi connectivity index (χ2v) is 10.2. The number of nitrogens with one attached hydrogen (secondary N) is 1. The van der Waals surface area contributed by atoms with Crippen molar-refractivity contribution in [2.24, 2.45) is 0 Å². The van der Waals surface area contributed by atoms with Crippen molar-refractivity contribution >= 4 is 50.5 Å². The van der Waals surface area contributed by atoms with Crippen LogP contribution in [0.2, 0.25) is 10.0 Å². The zero-order valence-electron chi connectivity index (χ0n) is 17.5. The second kappa shape index (κ2) is 9.51. The number of hydrogen-bond acceptors (Lipinski definition) is 5. The number of rotatable bonds is 5. The van der Waals surface area contributed by atoms with E-state index < -0.39 is 22.0 Å². The number of amides is 1. The average molecular weight is 507 g/mol. The van der Waals surface area contributed by atoms with E-state index >= 15 is 0 Å². The van der Waals surface area contributed by atoms with Gasteiger partial charge in [-0.25, -0.2) is 8.42 Å². The molecule has 0 aliphatic carbocycles. The first-order valence-corrected chi connectivity index (χ1v) is 12.6. The quantitative estimate of drug-likeness (QED) is 0.504. The summed E-state index contributed by atoms with van der Waals surface area (Å²) in [6, 6.07) is 18.6. The van der Waals surface area contributed by atoms with Gasteiger partial charge in [0.2, 0.25) is 10.0 Å². The fourth-order valence-electron chi connectivity index (χ4n) is 3.40. The first-order chi connectivity index (χ1) is 15.7. The monoisotopic (exact) mass is 506 g/mol. The zero-order valence-corrected chi connectivity index (χ0v) is 19.8. The van der Waals surface area contributed by atoms with Gasteiger partial charge in [-0.2, -0.15) is 0 Å². The van der Waals surface area contributed by atoms with Crippen LogP contribution in [0.1, 0.15) is 6.42 Å². The predicted molar refractivity (Wildman–Crippen MR) is 129 cm³/mol. The van der Waals surface area contributed by atoms with Crippen LogP contribution in [0.4, 0.5) is 11.4 Å². The van der Waals surface area contributed by atoms with E-state index in [-0.39, 0.29) is 24.4 Å². The molecular formula is C23H20Cl2N2O5S. The zero-order chi connectivity index (χ0) is 23.6. The highest BCUT2D eigenvalue weighted by atomic mass is 35.5. The summed E-state index contributed by atoms with van der Waals surface area (Å²) in [6.45, 7) is 0.0488. The number of carbonyl (C=O) groups excluding carboxylic acids is 1. The van der Waals surface area contributed by atoms with E-state index in [0.29, 0.717) is 27.2 Å². The third-order valence-electron chi connectivity index (χ3n) is 4.92. The van der Waals surface area contributed by atoms with Crippen LogP contribution >= 0.6 is 23.2 Å². The molecule has 3 aromatic carbocycles. The number of sulfonamides is 1. The van der Waals surface area contributed by atoms with E-state index in [9.17, 15) is 13.2 Å². The van der Waals surface area contributed by atoms with Gasteiger partial charge in [0, 0.05) is 23.0 Å². The lowest BCUT2D eigenvalue weighted by Gasteiger charge is -2.21. The maximum atomic E-state index is 13.1. The van der Waals surface area contributed by atoms with E-state index in [2.05, 4.69) is 5.32 Å². The minimum atomic E-state index is -3.61. The van der Waals surface area contributed by atoms with Crippen molar-refractivity contribution < 1.29 is 22.7 Å². The number of anilines is 2. The fourth-order valence-corrected chi connectivity index (χ4v) is 4.67. The minimum Gasteiger partial charge on any atom is -0.478 e. The fraction of sp³-hybridized carbons (Fsp3) is 0.174. The SMILES string of the molecule is CS(=O)(=O)N1CCC(C(=O)Nc2cc(Cl)ccc2Oc2ccccc2)Oc2ccc(Cl)cc21. The van der Waals surface area contributed by atoms with E-state index in [1.807, 2.05) is 18.2 Å². The Bertz CT molecular complexity index is 1290. The van der Waals surface area contributed by atoms with Crippen molar-refractivity contribution in [2.45, 2.75) is 12.5 Å². The van der Waals surface area contributed by atoms with Crippen molar-refractivity contribution in [3.63, 3.8) is 0 Å². The Hall–Kier alpha value is -2.94. The van der Waals surface area contributed by atoms with Crippen LogP contribution < -0.4 is 19.1 Å². The predicted octanol–water partition coefficient (Wildman–Crippen LogP) is 5.34. The van der Waals surface area contributed by atoms with Crippen molar-refractivity contribution in [1.82, 2.24) is 0 Å². The maximum Gasteiger partial charge on any atom is 0.265 e. The highest BCUT2D eigenvalue weighted by molar-refractivity contribution is 7.92. The average Bonchev–Trinajstić information content (AvgIpc) is 2.96. The molecule has 0 fully saturated rings. The Kier molecular flexibility index (Phi) is 6.69. The molecule has 1 heterocycles. The summed E-state index contributed by atoms with van der Waals surface area (Å²) in [4.78, 5) is 13.1. The summed E-state index contributed by atoms with van der Waals surface area (Å²) in [5.41, 5.74) is 0.650. The molecule has 1 atom stereocenters. The standard InChI is InChI=1S/C23H20Cl2N2O5S/c1-33(29,30)27-12-11-22(32-21-10-8-16(25)14-19(21)27)23(28)26-18-13-15(24)7-9-20(18)31-17-5-3-2-4-6-17/h2-10,13-14,22H,11-12H2,1H3,(H,26,28). The molecule has 0 bridgehead atoms. The highest BCUT2D eigenvalue weighted by Crippen LogP contribution is 2.37. The number of para-hydroxylation sites is 1. The molecule has 0 radical (unpaired) electrons.